The van der Waals surface area contributed by atoms with Crippen molar-refractivity contribution in [1.29, 1.82) is 0 Å². The van der Waals surface area contributed by atoms with Crippen LogP contribution in [0.5, 0.6) is 0 Å². The monoisotopic (exact) mass is 359 g/mol. The second kappa shape index (κ2) is 6.24. The van der Waals surface area contributed by atoms with Crippen LogP contribution >= 0.6 is 31.9 Å². The average molecular weight is 361 g/mol. The van der Waals surface area contributed by atoms with Gasteiger partial charge in [-0.15, -0.1) is 0 Å². The summed E-state index contributed by atoms with van der Waals surface area (Å²) in [4.78, 5) is 2.39. The molecule has 0 heterocycles. The Labute approximate surface area is 121 Å². The molecule has 1 aliphatic rings. The van der Waals surface area contributed by atoms with Gasteiger partial charge < -0.3 is 4.90 Å². The summed E-state index contributed by atoms with van der Waals surface area (Å²) >= 11 is 7.17. The van der Waals surface area contributed by atoms with Crippen LogP contribution in [0.2, 0.25) is 0 Å². The fourth-order valence-electron chi connectivity index (χ4n) is 2.62. The number of alkyl halides is 1. The largest absolute Gasteiger partial charge is 0.373 e. The summed E-state index contributed by atoms with van der Waals surface area (Å²) in [7, 11) is 2.20. The lowest BCUT2D eigenvalue weighted by Crippen LogP contribution is -2.24. The number of hydrogen-bond acceptors (Lipinski definition) is 1. The fraction of sp³-hybridized carbons (Fsp3) is 0.571. The molecule has 94 valence electrons. The van der Waals surface area contributed by atoms with Crippen molar-refractivity contribution in [2.24, 2.45) is 5.92 Å². The highest BCUT2D eigenvalue weighted by Crippen LogP contribution is 2.31. The van der Waals surface area contributed by atoms with Crippen molar-refractivity contribution < 1.29 is 0 Å². The Morgan fingerprint density at radius 3 is 2.59 bits per heavy atom. The lowest BCUT2D eigenvalue weighted by atomic mass is 10.1. The van der Waals surface area contributed by atoms with Gasteiger partial charge in [0.05, 0.1) is 5.69 Å². The van der Waals surface area contributed by atoms with E-state index in [0.29, 0.717) is 0 Å². The molecule has 0 amide bonds. The van der Waals surface area contributed by atoms with Crippen LogP contribution in [-0.2, 0) is 5.33 Å². The van der Waals surface area contributed by atoms with Gasteiger partial charge >= 0.3 is 0 Å². The summed E-state index contributed by atoms with van der Waals surface area (Å²) in [6.45, 7) is 1.19. The van der Waals surface area contributed by atoms with Gasteiger partial charge in [-0.25, -0.2) is 0 Å². The molecule has 1 fully saturated rings. The number of hydrogen-bond donors (Lipinski definition) is 0. The van der Waals surface area contributed by atoms with Gasteiger partial charge in [0.25, 0.3) is 0 Å². The second-order valence-electron chi connectivity index (χ2n) is 4.95. The van der Waals surface area contributed by atoms with Crippen LogP contribution in [0.15, 0.2) is 22.7 Å². The molecule has 0 saturated heterocycles. The third-order valence-corrected chi connectivity index (χ3v) is 4.87. The smallest absolute Gasteiger partial charge is 0.0508 e. The first-order chi connectivity index (χ1) is 8.20. The minimum Gasteiger partial charge on any atom is -0.373 e. The van der Waals surface area contributed by atoms with Crippen LogP contribution in [0.4, 0.5) is 5.69 Å². The minimum absolute atomic E-state index is 0.891. The van der Waals surface area contributed by atoms with Gasteiger partial charge in [0.15, 0.2) is 0 Å². The molecule has 1 nitrogen and oxygen atoms in total. The van der Waals surface area contributed by atoms with Crippen molar-refractivity contribution in [3.05, 3.63) is 28.2 Å². The van der Waals surface area contributed by atoms with Crippen molar-refractivity contribution >= 4 is 37.5 Å². The van der Waals surface area contributed by atoms with E-state index in [0.717, 1.165) is 11.2 Å². The van der Waals surface area contributed by atoms with E-state index in [2.05, 4.69) is 62.0 Å². The zero-order chi connectivity index (χ0) is 12.3. The molecule has 0 N–H and O–H groups in total. The molecule has 0 bridgehead atoms. The summed E-state index contributed by atoms with van der Waals surface area (Å²) in [6.07, 6.45) is 5.65. The molecule has 1 aromatic rings. The van der Waals surface area contributed by atoms with Gasteiger partial charge in [0.2, 0.25) is 0 Å². The van der Waals surface area contributed by atoms with Crippen LogP contribution in [0.1, 0.15) is 31.2 Å². The Hall–Kier alpha value is -0.0200. The average Bonchev–Trinajstić information content (AvgIpc) is 2.81. The normalized spacial score (nSPS) is 16.4. The molecule has 0 radical (unpaired) electrons. The van der Waals surface area contributed by atoms with E-state index in [-0.39, 0.29) is 0 Å². The summed E-state index contributed by atoms with van der Waals surface area (Å²) < 4.78 is 1.20. The third-order valence-electron chi connectivity index (χ3n) is 3.58. The van der Waals surface area contributed by atoms with Crippen LogP contribution < -0.4 is 4.90 Å². The van der Waals surface area contributed by atoms with E-state index in [1.165, 1.54) is 48.0 Å². The molecular formula is C14H19Br2N. The molecule has 3 heteroatoms. The summed E-state index contributed by atoms with van der Waals surface area (Å²) in [6, 6.07) is 6.62. The topological polar surface area (TPSA) is 3.24 Å². The highest BCUT2D eigenvalue weighted by atomic mass is 79.9. The maximum Gasteiger partial charge on any atom is 0.0508 e. The van der Waals surface area contributed by atoms with Crippen LogP contribution in [-0.4, -0.2) is 13.6 Å². The Kier molecular flexibility index (Phi) is 4.92. The van der Waals surface area contributed by atoms with Crippen molar-refractivity contribution in [1.82, 2.24) is 0 Å². The number of nitrogens with zero attached hydrogens (tertiary/aromatic N) is 1. The molecule has 0 atom stereocenters. The predicted molar refractivity (Wildman–Crippen MR) is 82.0 cm³/mol. The fourth-order valence-corrected chi connectivity index (χ4v) is 3.70. The molecule has 17 heavy (non-hydrogen) atoms. The first-order valence-corrected chi connectivity index (χ1v) is 8.17. The van der Waals surface area contributed by atoms with E-state index in [4.69, 9.17) is 0 Å². The predicted octanol–water partition coefficient (Wildman–Crippen LogP) is 4.97. The Bertz CT molecular complexity index is 372. The van der Waals surface area contributed by atoms with Gasteiger partial charge in [-0.3, -0.25) is 0 Å². The maximum atomic E-state index is 3.68. The van der Waals surface area contributed by atoms with Gasteiger partial charge in [-0.05, 0) is 52.4 Å². The Morgan fingerprint density at radius 2 is 2.00 bits per heavy atom. The number of halogens is 2. The highest BCUT2D eigenvalue weighted by Gasteiger charge is 2.17. The SMILES string of the molecule is CN(CC1CCCC1)c1ccc(CBr)cc1Br. The molecule has 2 rings (SSSR count). The number of benzene rings is 1. The zero-order valence-corrected chi connectivity index (χ0v) is 13.4. The second-order valence-corrected chi connectivity index (χ2v) is 6.37. The van der Waals surface area contributed by atoms with Gasteiger partial charge in [-0.1, -0.05) is 34.8 Å². The third kappa shape index (κ3) is 3.47. The molecule has 0 unspecified atom stereocenters. The van der Waals surface area contributed by atoms with Crippen molar-refractivity contribution in [2.75, 3.05) is 18.5 Å². The molecular weight excluding hydrogens is 342 g/mol. The molecule has 1 aliphatic carbocycles. The first-order valence-electron chi connectivity index (χ1n) is 6.26. The maximum absolute atomic E-state index is 3.68. The van der Waals surface area contributed by atoms with Gasteiger partial charge in [0, 0.05) is 23.4 Å². The minimum atomic E-state index is 0.891. The summed E-state index contributed by atoms with van der Waals surface area (Å²) in [5, 5.41) is 0.915. The lowest BCUT2D eigenvalue weighted by Gasteiger charge is -2.24. The lowest BCUT2D eigenvalue weighted by molar-refractivity contribution is 0.547. The van der Waals surface area contributed by atoms with E-state index < -0.39 is 0 Å². The standard InChI is InChI=1S/C14H19Br2N/c1-17(10-11-4-2-3-5-11)14-7-6-12(9-15)8-13(14)16/h6-8,11H,2-5,9-10H2,1H3. The Balaban J connectivity index is 2.04. The summed E-state index contributed by atoms with van der Waals surface area (Å²) in [5.41, 5.74) is 2.62. The van der Waals surface area contributed by atoms with E-state index in [1.54, 1.807) is 0 Å². The van der Waals surface area contributed by atoms with Crippen LogP contribution in [0.25, 0.3) is 0 Å². The van der Waals surface area contributed by atoms with Gasteiger partial charge in [0.1, 0.15) is 0 Å². The number of rotatable bonds is 4. The molecule has 1 saturated carbocycles. The quantitative estimate of drug-likeness (QED) is 0.685. The zero-order valence-electron chi connectivity index (χ0n) is 10.3. The van der Waals surface area contributed by atoms with E-state index in [9.17, 15) is 0 Å². The molecule has 0 aliphatic heterocycles. The van der Waals surface area contributed by atoms with Crippen LogP contribution in [0, 0.1) is 5.92 Å². The molecule has 1 aromatic carbocycles. The molecule has 0 aromatic heterocycles. The van der Waals surface area contributed by atoms with Crippen molar-refractivity contribution in [3.63, 3.8) is 0 Å². The van der Waals surface area contributed by atoms with E-state index in [1.807, 2.05) is 0 Å². The van der Waals surface area contributed by atoms with Gasteiger partial charge in [-0.2, -0.15) is 0 Å². The first kappa shape index (κ1) is 13.4. The van der Waals surface area contributed by atoms with Crippen molar-refractivity contribution in [3.8, 4) is 0 Å². The summed E-state index contributed by atoms with van der Waals surface area (Å²) in [5.74, 6) is 0.891. The van der Waals surface area contributed by atoms with E-state index >= 15 is 0 Å². The molecule has 0 spiro atoms. The van der Waals surface area contributed by atoms with Crippen LogP contribution in [0.3, 0.4) is 0 Å². The number of anilines is 1. The highest BCUT2D eigenvalue weighted by molar-refractivity contribution is 9.10. The van der Waals surface area contributed by atoms with Crippen molar-refractivity contribution in [2.45, 2.75) is 31.0 Å². The Morgan fingerprint density at radius 1 is 1.29 bits per heavy atom.